The zero-order valence-electron chi connectivity index (χ0n) is 18.1. The summed E-state index contributed by atoms with van der Waals surface area (Å²) in [5.74, 6) is 1.04. The molecular weight excluding hydrogens is 451 g/mol. The van der Waals surface area contributed by atoms with E-state index in [9.17, 15) is 9.18 Å². The molecule has 0 aliphatic carbocycles. The Labute approximate surface area is 195 Å². The van der Waals surface area contributed by atoms with Crippen LogP contribution in [0.15, 0.2) is 36.7 Å². The average Bonchev–Trinajstić information content (AvgIpc) is 2.82. The van der Waals surface area contributed by atoms with Gasteiger partial charge in [0.25, 0.3) is 0 Å². The van der Waals surface area contributed by atoms with Gasteiger partial charge in [-0.25, -0.2) is 14.4 Å². The van der Waals surface area contributed by atoms with Gasteiger partial charge in [-0.1, -0.05) is 11.6 Å². The fourth-order valence-electron chi connectivity index (χ4n) is 3.78. The summed E-state index contributed by atoms with van der Waals surface area (Å²) in [7, 11) is 1.56. The number of carbonyl (C=O) groups is 1. The standard InChI is InChI=1S/C23H24ClFN4O4/c1-32-20-12-19-16(23(27-13-26-19)28-14-2-3-18(25)17(24)10-14)11-21(20)33-15-4-7-29(8-5-15)22(31)6-9-30/h2-3,10-13,15,30H,4-9H2,1H3,(H,26,27,28). The van der Waals surface area contributed by atoms with Crippen molar-refractivity contribution in [2.24, 2.45) is 0 Å². The number of likely N-dealkylation sites (tertiary alicyclic amines) is 1. The van der Waals surface area contributed by atoms with Crippen molar-refractivity contribution in [1.82, 2.24) is 14.9 Å². The first-order valence-corrected chi connectivity index (χ1v) is 11.0. The van der Waals surface area contributed by atoms with Crippen LogP contribution in [0.4, 0.5) is 15.9 Å². The second-order valence-electron chi connectivity index (χ2n) is 7.67. The number of fused-ring (bicyclic) bond motifs is 1. The van der Waals surface area contributed by atoms with Gasteiger partial charge in [0.2, 0.25) is 5.91 Å². The molecule has 0 radical (unpaired) electrons. The molecule has 1 aliphatic heterocycles. The summed E-state index contributed by atoms with van der Waals surface area (Å²) in [5, 5.41) is 12.8. The number of carbonyl (C=O) groups excluding carboxylic acids is 1. The molecule has 0 unspecified atom stereocenters. The van der Waals surface area contributed by atoms with Crippen molar-refractivity contribution in [1.29, 1.82) is 0 Å². The number of benzene rings is 2. The number of nitrogens with one attached hydrogen (secondary N) is 1. The number of anilines is 2. The third-order valence-electron chi connectivity index (χ3n) is 5.52. The Balaban J connectivity index is 1.56. The maximum atomic E-state index is 13.5. The predicted octanol–water partition coefficient (Wildman–Crippen LogP) is 3.93. The van der Waals surface area contributed by atoms with Crippen molar-refractivity contribution in [3.05, 3.63) is 47.5 Å². The van der Waals surface area contributed by atoms with Gasteiger partial charge in [-0.05, 0) is 24.3 Å². The van der Waals surface area contributed by atoms with Crippen molar-refractivity contribution >= 4 is 39.9 Å². The Bertz CT molecular complexity index is 1150. The van der Waals surface area contributed by atoms with E-state index >= 15 is 0 Å². The largest absolute Gasteiger partial charge is 0.493 e. The highest BCUT2D eigenvalue weighted by Crippen LogP contribution is 2.36. The van der Waals surface area contributed by atoms with Gasteiger partial charge >= 0.3 is 0 Å². The van der Waals surface area contributed by atoms with Gasteiger partial charge in [0.15, 0.2) is 11.5 Å². The van der Waals surface area contributed by atoms with Crippen molar-refractivity contribution in [3.63, 3.8) is 0 Å². The molecule has 1 saturated heterocycles. The normalized spacial score (nSPS) is 14.4. The van der Waals surface area contributed by atoms with Crippen molar-refractivity contribution in [3.8, 4) is 11.5 Å². The zero-order valence-corrected chi connectivity index (χ0v) is 18.8. The number of rotatable bonds is 7. The molecule has 3 aromatic rings. The summed E-state index contributed by atoms with van der Waals surface area (Å²) in [5.41, 5.74) is 1.23. The summed E-state index contributed by atoms with van der Waals surface area (Å²) >= 11 is 5.90. The van der Waals surface area contributed by atoms with Crippen LogP contribution in [0.25, 0.3) is 10.9 Å². The molecule has 2 heterocycles. The van der Waals surface area contributed by atoms with Crippen LogP contribution in [0.5, 0.6) is 11.5 Å². The minimum atomic E-state index is -0.501. The van der Waals surface area contributed by atoms with Crippen LogP contribution in [0.3, 0.4) is 0 Å². The Morgan fingerprint density at radius 1 is 1.24 bits per heavy atom. The van der Waals surface area contributed by atoms with Crippen LogP contribution < -0.4 is 14.8 Å². The smallest absolute Gasteiger partial charge is 0.224 e. The SMILES string of the molecule is COc1cc2ncnc(Nc3ccc(F)c(Cl)c3)c2cc1OC1CCN(C(=O)CCO)CC1. The zero-order chi connectivity index (χ0) is 23.4. The number of ether oxygens (including phenoxy) is 2. The molecule has 33 heavy (non-hydrogen) atoms. The molecule has 4 rings (SSSR count). The number of hydrogen-bond donors (Lipinski definition) is 2. The first-order chi connectivity index (χ1) is 16.0. The molecule has 2 aromatic carbocycles. The molecular formula is C23H24ClFN4O4. The van der Waals surface area contributed by atoms with Crippen molar-refractivity contribution in [2.45, 2.75) is 25.4 Å². The topological polar surface area (TPSA) is 96.8 Å². The van der Waals surface area contributed by atoms with Gasteiger partial charge in [0.05, 0.1) is 24.3 Å². The van der Waals surface area contributed by atoms with Crippen LogP contribution in [0.1, 0.15) is 19.3 Å². The maximum Gasteiger partial charge on any atom is 0.224 e. The molecule has 1 amide bonds. The Kier molecular flexibility index (Phi) is 7.10. The van der Waals surface area contributed by atoms with E-state index in [2.05, 4.69) is 15.3 Å². The molecule has 0 saturated carbocycles. The van der Waals surface area contributed by atoms with Gasteiger partial charge in [0, 0.05) is 49.5 Å². The maximum absolute atomic E-state index is 13.5. The number of hydrogen-bond acceptors (Lipinski definition) is 7. The van der Waals surface area contributed by atoms with E-state index in [1.54, 1.807) is 24.1 Å². The molecule has 1 aromatic heterocycles. The number of nitrogens with zero attached hydrogens (tertiary/aromatic N) is 3. The number of amides is 1. The first kappa shape index (κ1) is 23.0. The van der Waals surface area contributed by atoms with Crippen LogP contribution in [0, 0.1) is 5.82 Å². The van der Waals surface area contributed by atoms with E-state index < -0.39 is 5.82 Å². The van der Waals surface area contributed by atoms with E-state index in [1.807, 2.05) is 6.07 Å². The number of aliphatic hydroxyl groups is 1. The molecule has 0 atom stereocenters. The highest BCUT2D eigenvalue weighted by Gasteiger charge is 2.25. The molecule has 174 valence electrons. The number of halogens is 2. The number of piperidine rings is 1. The van der Waals surface area contributed by atoms with Crippen molar-refractivity contribution < 1.29 is 23.8 Å². The van der Waals surface area contributed by atoms with E-state index in [-0.39, 0.29) is 30.1 Å². The third-order valence-corrected chi connectivity index (χ3v) is 5.81. The summed E-state index contributed by atoms with van der Waals surface area (Å²) in [6, 6.07) is 7.92. The van der Waals surface area contributed by atoms with Crippen LogP contribution in [0.2, 0.25) is 5.02 Å². The second kappa shape index (κ2) is 10.2. The Morgan fingerprint density at radius 2 is 2.03 bits per heavy atom. The average molecular weight is 475 g/mol. The number of aromatic nitrogens is 2. The van der Waals surface area contributed by atoms with Gasteiger partial charge in [-0.3, -0.25) is 4.79 Å². The molecule has 1 fully saturated rings. The monoisotopic (exact) mass is 474 g/mol. The minimum absolute atomic E-state index is 0.00728. The summed E-state index contributed by atoms with van der Waals surface area (Å²) in [6.07, 6.45) is 2.81. The summed E-state index contributed by atoms with van der Waals surface area (Å²) in [4.78, 5) is 22.4. The second-order valence-corrected chi connectivity index (χ2v) is 8.08. The van der Waals surface area contributed by atoms with E-state index in [4.69, 9.17) is 26.2 Å². The third kappa shape index (κ3) is 5.26. The molecule has 0 spiro atoms. The lowest BCUT2D eigenvalue weighted by atomic mass is 10.1. The highest BCUT2D eigenvalue weighted by molar-refractivity contribution is 6.31. The highest BCUT2D eigenvalue weighted by atomic mass is 35.5. The number of methoxy groups -OCH3 is 1. The lowest BCUT2D eigenvalue weighted by Crippen LogP contribution is -2.42. The van der Waals surface area contributed by atoms with Crippen molar-refractivity contribution in [2.75, 3.05) is 32.1 Å². The molecule has 0 bridgehead atoms. The van der Waals surface area contributed by atoms with Crippen LogP contribution in [-0.2, 0) is 4.79 Å². The first-order valence-electron chi connectivity index (χ1n) is 10.6. The van der Waals surface area contributed by atoms with Gasteiger partial charge in [-0.15, -0.1) is 0 Å². The molecule has 10 heteroatoms. The van der Waals surface area contributed by atoms with E-state index in [1.165, 1.54) is 18.5 Å². The van der Waals surface area contributed by atoms with Crippen LogP contribution in [-0.4, -0.2) is 58.8 Å². The summed E-state index contributed by atoms with van der Waals surface area (Å²) in [6.45, 7) is 0.993. The summed E-state index contributed by atoms with van der Waals surface area (Å²) < 4.78 is 25.3. The van der Waals surface area contributed by atoms with E-state index in [0.717, 1.165) is 0 Å². The van der Waals surface area contributed by atoms with E-state index in [0.29, 0.717) is 59.8 Å². The molecule has 8 nitrogen and oxygen atoms in total. The van der Waals surface area contributed by atoms with Gasteiger partial charge < -0.3 is 24.8 Å². The van der Waals surface area contributed by atoms with Crippen LogP contribution >= 0.6 is 11.6 Å². The Hall–Kier alpha value is -3.17. The van der Waals surface area contributed by atoms with Gasteiger partial charge in [-0.2, -0.15) is 0 Å². The fourth-order valence-corrected chi connectivity index (χ4v) is 3.96. The fraction of sp³-hybridized carbons (Fsp3) is 0.348. The number of aliphatic hydroxyl groups excluding tert-OH is 1. The molecule has 2 N–H and O–H groups in total. The Morgan fingerprint density at radius 3 is 2.73 bits per heavy atom. The molecule has 1 aliphatic rings. The lowest BCUT2D eigenvalue weighted by molar-refractivity contribution is -0.133. The van der Waals surface area contributed by atoms with Gasteiger partial charge in [0.1, 0.15) is 24.1 Å². The minimum Gasteiger partial charge on any atom is -0.493 e. The lowest BCUT2D eigenvalue weighted by Gasteiger charge is -2.32. The predicted molar refractivity (Wildman–Crippen MR) is 123 cm³/mol. The quantitative estimate of drug-likeness (QED) is 0.535.